The van der Waals surface area contributed by atoms with Crippen molar-refractivity contribution in [3.63, 3.8) is 0 Å². The SMILES string of the molecule is COc1cccc(/C=C2/NC(=O)N(Cc3cccc(C)c3)C2=O)c1OCC(=O)Nc1ccc(F)cc1. The number of aryl methyl sites for hydroxylation is 1. The Kier molecular flexibility index (Phi) is 7.29. The number of carbonyl (C=O) groups excluding carboxylic acids is 3. The monoisotopic (exact) mass is 489 g/mol. The second kappa shape index (κ2) is 10.7. The standard InChI is InChI=1S/C27H24FN3O5/c1-17-5-3-6-18(13-17)15-31-26(33)22(30-27(31)34)14-19-7-4-8-23(35-2)25(19)36-16-24(32)29-21-11-9-20(28)10-12-21/h3-14H,15-16H2,1-2H3,(H,29,32)(H,30,34)/b22-14+. The normalized spacial score (nSPS) is 14.1. The molecule has 4 rings (SSSR count). The number of halogens is 1. The van der Waals surface area contributed by atoms with Crippen molar-refractivity contribution in [2.24, 2.45) is 0 Å². The summed E-state index contributed by atoms with van der Waals surface area (Å²) in [5.74, 6) is -0.805. The van der Waals surface area contributed by atoms with Crippen LogP contribution in [0.4, 0.5) is 14.9 Å². The Labute approximate surface area is 207 Å². The fraction of sp³-hybridized carbons (Fsp3) is 0.148. The molecule has 36 heavy (non-hydrogen) atoms. The Hall–Kier alpha value is -4.66. The zero-order chi connectivity index (χ0) is 25.7. The molecule has 2 N–H and O–H groups in total. The van der Waals surface area contributed by atoms with Gasteiger partial charge in [0.25, 0.3) is 11.8 Å². The van der Waals surface area contributed by atoms with E-state index in [-0.39, 0.29) is 24.6 Å². The third-order valence-corrected chi connectivity index (χ3v) is 5.39. The molecule has 1 fully saturated rings. The van der Waals surface area contributed by atoms with Crippen LogP contribution >= 0.6 is 0 Å². The van der Waals surface area contributed by atoms with Crippen LogP contribution in [0.15, 0.2) is 72.4 Å². The first kappa shape index (κ1) is 24.5. The van der Waals surface area contributed by atoms with Gasteiger partial charge in [0.1, 0.15) is 11.5 Å². The van der Waals surface area contributed by atoms with Gasteiger partial charge in [-0.15, -0.1) is 0 Å². The van der Waals surface area contributed by atoms with E-state index in [1.54, 1.807) is 18.2 Å². The van der Waals surface area contributed by atoms with Crippen molar-refractivity contribution in [2.75, 3.05) is 19.0 Å². The molecule has 4 amide bonds. The van der Waals surface area contributed by atoms with Crippen molar-refractivity contribution in [2.45, 2.75) is 13.5 Å². The third-order valence-electron chi connectivity index (χ3n) is 5.39. The molecule has 8 nitrogen and oxygen atoms in total. The minimum atomic E-state index is -0.531. The number of nitrogens with zero attached hydrogens (tertiary/aromatic N) is 1. The lowest BCUT2D eigenvalue weighted by atomic mass is 10.1. The van der Waals surface area contributed by atoms with Gasteiger partial charge in [0, 0.05) is 11.3 Å². The molecule has 3 aromatic carbocycles. The molecule has 184 valence electrons. The van der Waals surface area contributed by atoms with Gasteiger partial charge >= 0.3 is 6.03 Å². The molecule has 1 aliphatic rings. The second-order valence-electron chi connectivity index (χ2n) is 8.09. The predicted molar refractivity (Wildman–Crippen MR) is 132 cm³/mol. The van der Waals surface area contributed by atoms with Crippen molar-refractivity contribution < 1.29 is 28.2 Å². The van der Waals surface area contributed by atoms with Crippen molar-refractivity contribution >= 4 is 29.6 Å². The maximum atomic E-state index is 13.1. The van der Waals surface area contributed by atoms with Crippen LogP contribution in [0.25, 0.3) is 6.08 Å². The van der Waals surface area contributed by atoms with Crippen LogP contribution in [-0.4, -0.2) is 36.5 Å². The number of nitrogens with one attached hydrogen (secondary N) is 2. The molecule has 0 atom stereocenters. The topological polar surface area (TPSA) is 97.0 Å². The molecule has 1 aliphatic heterocycles. The van der Waals surface area contributed by atoms with E-state index in [1.165, 1.54) is 37.5 Å². The summed E-state index contributed by atoms with van der Waals surface area (Å²) in [6.45, 7) is 1.70. The Balaban J connectivity index is 1.51. The molecule has 1 saturated heterocycles. The van der Waals surface area contributed by atoms with Gasteiger partial charge in [-0.2, -0.15) is 0 Å². The molecule has 1 heterocycles. The number of hydrogen-bond donors (Lipinski definition) is 2. The van der Waals surface area contributed by atoms with Crippen LogP contribution in [0.1, 0.15) is 16.7 Å². The summed E-state index contributed by atoms with van der Waals surface area (Å²) in [4.78, 5) is 39.0. The first-order chi connectivity index (χ1) is 17.3. The van der Waals surface area contributed by atoms with Crippen LogP contribution in [0.2, 0.25) is 0 Å². The van der Waals surface area contributed by atoms with Gasteiger partial charge in [-0.25, -0.2) is 9.18 Å². The average molecular weight is 490 g/mol. The molecule has 0 radical (unpaired) electrons. The molecule has 3 aromatic rings. The number of benzene rings is 3. The molecule has 0 spiro atoms. The van der Waals surface area contributed by atoms with E-state index in [2.05, 4.69) is 10.6 Å². The van der Waals surface area contributed by atoms with Crippen LogP contribution in [0, 0.1) is 12.7 Å². The molecule has 0 saturated carbocycles. The number of hydrogen-bond acceptors (Lipinski definition) is 5. The number of carbonyl (C=O) groups is 3. The molecular formula is C27H24FN3O5. The fourth-order valence-corrected chi connectivity index (χ4v) is 3.69. The van der Waals surface area contributed by atoms with E-state index >= 15 is 0 Å². The van der Waals surface area contributed by atoms with Gasteiger partial charge < -0.3 is 20.1 Å². The van der Waals surface area contributed by atoms with Crippen LogP contribution < -0.4 is 20.1 Å². The first-order valence-electron chi connectivity index (χ1n) is 11.1. The lowest BCUT2D eigenvalue weighted by Gasteiger charge is -2.14. The number of ether oxygens (including phenoxy) is 2. The number of para-hydroxylation sites is 1. The van der Waals surface area contributed by atoms with Crippen molar-refractivity contribution in [3.8, 4) is 11.5 Å². The van der Waals surface area contributed by atoms with E-state index in [1.807, 2.05) is 31.2 Å². The third kappa shape index (κ3) is 5.69. The van der Waals surface area contributed by atoms with E-state index in [9.17, 15) is 18.8 Å². The Bertz CT molecular complexity index is 1340. The van der Waals surface area contributed by atoms with Gasteiger partial charge in [-0.05, 0) is 48.9 Å². The molecule has 0 aromatic heterocycles. The van der Waals surface area contributed by atoms with Crippen LogP contribution in [0.3, 0.4) is 0 Å². The summed E-state index contributed by atoms with van der Waals surface area (Å²) < 4.78 is 24.2. The second-order valence-corrected chi connectivity index (χ2v) is 8.09. The van der Waals surface area contributed by atoms with Crippen molar-refractivity contribution in [3.05, 3.63) is 94.9 Å². The smallest absolute Gasteiger partial charge is 0.329 e. The number of methoxy groups -OCH3 is 1. The highest BCUT2D eigenvalue weighted by Crippen LogP contribution is 2.33. The van der Waals surface area contributed by atoms with E-state index in [0.29, 0.717) is 17.0 Å². The highest BCUT2D eigenvalue weighted by atomic mass is 19.1. The minimum Gasteiger partial charge on any atom is -0.493 e. The average Bonchev–Trinajstić information content (AvgIpc) is 3.11. The molecule has 9 heteroatoms. The summed E-state index contributed by atoms with van der Waals surface area (Å²) in [5.41, 5.74) is 2.78. The van der Waals surface area contributed by atoms with Gasteiger partial charge in [-0.1, -0.05) is 42.0 Å². The summed E-state index contributed by atoms with van der Waals surface area (Å²) in [6.07, 6.45) is 1.48. The predicted octanol–water partition coefficient (Wildman–Crippen LogP) is 4.25. The lowest BCUT2D eigenvalue weighted by molar-refractivity contribution is -0.123. The minimum absolute atomic E-state index is 0.0709. The Morgan fingerprint density at radius 2 is 1.83 bits per heavy atom. The Morgan fingerprint density at radius 1 is 1.08 bits per heavy atom. The largest absolute Gasteiger partial charge is 0.493 e. The van der Waals surface area contributed by atoms with Gasteiger partial charge in [0.2, 0.25) is 0 Å². The number of anilines is 1. The highest BCUT2D eigenvalue weighted by molar-refractivity contribution is 6.14. The molecule has 0 bridgehead atoms. The van der Waals surface area contributed by atoms with E-state index in [0.717, 1.165) is 16.0 Å². The molecular weight excluding hydrogens is 465 g/mol. The van der Waals surface area contributed by atoms with Crippen molar-refractivity contribution in [1.82, 2.24) is 10.2 Å². The Morgan fingerprint density at radius 3 is 2.56 bits per heavy atom. The summed E-state index contributed by atoms with van der Waals surface area (Å²) in [5, 5.41) is 5.21. The maximum absolute atomic E-state index is 13.1. The van der Waals surface area contributed by atoms with Gasteiger partial charge in [0.05, 0.1) is 13.7 Å². The van der Waals surface area contributed by atoms with E-state index in [4.69, 9.17) is 9.47 Å². The first-order valence-corrected chi connectivity index (χ1v) is 11.1. The molecule has 0 aliphatic carbocycles. The fourth-order valence-electron chi connectivity index (χ4n) is 3.69. The van der Waals surface area contributed by atoms with Crippen LogP contribution in [0.5, 0.6) is 11.5 Å². The van der Waals surface area contributed by atoms with Crippen LogP contribution in [-0.2, 0) is 16.1 Å². The van der Waals surface area contributed by atoms with Gasteiger partial charge in [-0.3, -0.25) is 14.5 Å². The number of amides is 4. The zero-order valence-electron chi connectivity index (χ0n) is 19.7. The quantitative estimate of drug-likeness (QED) is 0.364. The number of imide groups is 1. The summed E-state index contributed by atoms with van der Waals surface area (Å²) in [6, 6.07) is 17.4. The summed E-state index contributed by atoms with van der Waals surface area (Å²) in [7, 11) is 1.45. The zero-order valence-corrected chi connectivity index (χ0v) is 19.7. The maximum Gasteiger partial charge on any atom is 0.329 e. The lowest BCUT2D eigenvalue weighted by Crippen LogP contribution is -2.30. The summed E-state index contributed by atoms with van der Waals surface area (Å²) >= 11 is 0. The van der Waals surface area contributed by atoms with Crippen molar-refractivity contribution in [1.29, 1.82) is 0 Å². The number of urea groups is 1. The highest BCUT2D eigenvalue weighted by Gasteiger charge is 2.33. The van der Waals surface area contributed by atoms with E-state index < -0.39 is 23.7 Å². The number of rotatable bonds is 8. The molecule has 0 unspecified atom stereocenters. The van der Waals surface area contributed by atoms with Gasteiger partial charge in [0.15, 0.2) is 18.1 Å².